The number of rotatable bonds is 5. The second kappa shape index (κ2) is 6.35. The summed E-state index contributed by atoms with van der Waals surface area (Å²) in [6.07, 6.45) is 2.91. The second-order valence-electron chi connectivity index (χ2n) is 3.52. The minimum Gasteiger partial charge on any atom is -0.382 e. The van der Waals surface area contributed by atoms with Gasteiger partial charge in [-0.15, -0.1) is 0 Å². The average molecular weight is 187 g/mol. The lowest BCUT2D eigenvalue weighted by molar-refractivity contribution is -0.0196. The number of hydrogen-bond donors (Lipinski definition) is 0. The van der Waals surface area contributed by atoms with Crippen LogP contribution in [-0.2, 0) is 9.47 Å². The molecule has 3 heteroatoms. The summed E-state index contributed by atoms with van der Waals surface area (Å²) in [5, 5.41) is 0. The predicted molar refractivity (Wildman–Crippen MR) is 53.0 cm³/mol. The number of ether oxygens (including phenoxy) is 2. The molecular formula is C10H21NO2. The van der Waals surface area contributed by atoms with Gasteiger partial charge in [0.1, 0.15) is 0 Å². The van der Waals surface area contributed by atoms with Crippen LogP contribution in [0.15, 0.2) is 0 Å². The number of hydrogen-bond acceptors (Lipinski definition) is 3. The molecule has 0 bridgehead atoms. The summed E-state index contributed by atoms with van der Waals surface area (Å²) in [6, 6.07) is 0. The van der Waals surface area contributed by atoms with E-state index in [0.29, 0.717) is 12.7 Å². The molecule has 0 N–H and O–H groups in total. The Kier molecular flexibility index (Phi) is 5.35. The monoisotopic (exact) mass is 187 g/mol. The Morgan fingerprint density at radius 1 is 1.38 bits per heavy atom. The summed E-state index contributed by atoms with van der Waals surface area (Å²) >= 11 is 0. The number of methoxy groups -OCH3 is 1. The molecule has 0 amide bonds. The zero-order valence-electron chi connectivity index (χ0n) is 8.79. The Balaban J connectivity index is 2.11. The van der Waals surface area contributed by atoms with E-state index in [1.807, 2.05) is 0 Å². The summed E-state index contributed by atoms with van der Waals surface area (Å²) in [5.41, 5.74) is 0. The van der Waals surface area contributed by atoms with Gasteiger partial charge in [-0.25, -0.2) is 0 Å². The van der Waals surface area contributed by atoms with E-state index in [1.54, 1.807) is 7.11 Å². The van der Waals surface area contributed by atoms with Crippen LogP contribution in [0.3, 0.4) is 0 Å². The van der Waals surface area contributed by atoms with Crippen molar-refractivity contribution in [3.05, 3.63) is 0 Å². The fourth-order valence-electron chi connectivity index (χ4n) is 1.73. The molecule has 78 valence electrons. The highest BCUT2D eigenvalue weighted by molar-refractivity contribution is 4.72. The maximum absolute atomic E-state index is 5.69. The zero-order valence-corrected chi connectivity index (χ0v) is 8.79. The van der Waals surface area contributed by atoms with Gasteiger partial charge >= 0.3 is 0 Å². The molecule has 1 saturated heterocycles. The fraction of sp³-hybridized carbons (Fsp3) is 1.00. The Hall–Kier alpha value is -0.120. The summed E-state index contributed by atoms with van der Waals surface area (Å²) < 4.78 is 10.6. The van der Waals surface area contributed by atoms with E-state index >= 15 is 0 Å². The normalized spacial score (nSPS) is 24.9. The minimum absolute atomic E-state index is 0.434. The van der Waals surface area contributed by atoms with Crippen molar-refractivity contribution in [1.29, 1.82) is 0 Å². The van der Waals surface area contributed by atoms with Crippen molar-refractivity contribution in [3.8, 4) is 0 Å². The van der Waals surface area contributed by atoms with Crippen LogP contribution in [0.1, 0.15) is 19.8 Å². The molecule has 0 aromatic carbocycles. The molecule has 1 heterocycles. The molecule has 0 saturated carbocycles. The van der Waals surface area contributed by atoms with E-state index in [9.17, 15) is 0 Å². The third-order valence-corrected chi connectivity index (χ3v) is 2.55. The van der Waals surface area contributed by atoms with Crippen LogP contribution in [0.25, 0.3) is 0 Å². The van der Waals surface area contributed by atoms with Crippen molar-refractivity contribution in [2.75, 3.05) is 40.0 Å². The van der Waals surface area contributed by atoms with Gasteiger partial charge in [-0.05, 0) is 25.9 Å². The molecule has 0 aromatic rings. The standard InChI is InChI=1S/C10H21NO2/c1-3-11-6-4-5-10(9-11)13-8-7-12-2/h10H,3-9H2,1-2H3. The van der Waals surface area contributed by atoms with Gasteiger partial charge in [0.25, 0.3) is 0 Å². The Labute approximate surface area is 81.0 Å². The maximum atomic E-state index is 5.69. The van der Waals surface area contributed by atoms with Gasteiger partial charge in [-0.1, -0.05) is 6.92 Å². The van der Waals surface area contributed by atoms with E-state index in [4.69, 9.17) is 9.47 Å². The number of likely N-dealkylation sites (N-methyl/N-ethyl adjacent to an activating group) is 1. The van der Waals surface area contributed by atoms with Crippen LogP contribution >= 0.6 is 0 Å². The van der Waals surface area contributed by atoms with Crippen LogP contribution in [0.5, 0.6) is 0 Å². The van der Waals surface area contributed by atoms with Crippen molar-refractivity contribution in [2.45, 2.75) is 25.9 Å². The third kappa shape index (κ3) is 4.07. The van der Waals surface area contributed by atoms with Crippen molar-refractivity contribution in [2.24, 2.45) is 0 Å². The van der Waals surface area contributed by atoms with Crippen LogP contribution < -0.4 is 0 Å². The molecule has 1 aliphatic rings. The van der Waals surface area contributed by atoms with E-state index < -0.39 is 0 Å². The lowest BCUT2D eigenvalue weighted by Crippen LogP contribution is -2.39. The average Bonchev–Trinajstić information content (AvgIpc) is 2.19. The predicted octanol–water partition coefficient (Wildman–Crippen LogP) is 1.13. The molecule has 13 heavy (non-hydrogen) atoms. The highest BCUT2D eigenvalue weighted by atomic mass is 16.5. The molecule has 0 radical (unpaired) electrons. The van der Waals surface area contributed by atoms with E-state index in [0.717, 1.165) is 19.7 Å². The Morgan fingerprint density at radius 3 is 2.92 bits per heavy atom. The lowest BCUT2D eigenvalue weighted by Gasteiger charge is -2.31. The molecule has 1 aliphatic heterocycles. The number of likely N-dealkylation sites (tertiary alicyclic amines) is 1. The van der Waals surface area contributed by atoms with E-state index in [-0.39, 0.29) is 0 Å². The van der Waals surface area contributed by atoms with E-state index in [2.05, 4.69) is 11.8 Å². The molecule has 1 unspecified atom stereocenters. The maximum Gasteiger partial charge on any atom is 0.0704 e. The molecule has 0 aromatic heterocycles. The fourth-order valence-corrected chi connectivity index (χ4v) is 1.73. The van der Waals surface area contributed by atoms with Crippen LogP contribution in [0, 0.1) is 0 Å². The highest BCUT2D eigenvalue weighted by Crippen LogP contribution is 2.12. The van der Waals surface area contributed by atoms with Gasteiger partial charge in [0.2, 0.25) is 0 Å². The first-order valence-corrected chi connectivity index (χ1v) is 5.19. The third-order valence-electron chi connectivity index (χ3n) is 2.55. The van der Waals surface area contributed by atoms with Crippen LogP contribution in [0.4, 0.5) is 0 Å². The molecule has 1 atom stereocenters. The first-order chi connectivity index (χ1) is 6.36. The smallest absolute Gasteiger partial charge is 0.0704 e. The number of piperidine rings is 1. The van der Waals surface area contributed by atoms with Crippen LogP contribution in [0.2, 0.25) is 0 Å². The van der Waals surface area contributed by atoms with Gasteiger partial charge in [-0.2, -0.15) is 0 Å². The van der Waals surface area contributed by atoms with Crippen molar-refractivity contribution >= 4 is 0 Å². The minimum atomic E-state index is 0.434. The van der Waals surface area contributed by atoms with Gasteiger partial charge in [0.05, 0.1) is 19.3 Å². The van der Waals surface area contributed by atoms with Gasteiger partial charge in [0.15, 0.2) is 0 Å². The van der Waals surface area contributed by atoms with Crippen LogP contribution in [-0.4, -0.2) is 51.0 Å². The Bertz CT molecular complexity index is 130. The van der Waals surface area contributed by atoms with E-state index in [1.165, 1.54) is 19.4 Å². The van der Waals surface area contributed by atoms with Gasteiger partial charge < -0.3 is 14.4 Å². The van der Waals surface area contributed by atoms with Gasteiger partial charge in [-0.3, -0.25) is 0 Å². The molecule has 0 spiro atoms. The summed E-state index contributed by atoms with van der Waals surface area (Å²) in [7, 11) is 1.71. The second-order valence-corrected chi connectivity index (χ2v) is 3.52. The number of nitrogens with zero attached hydrogens (tertiary/aromatic N) is 1. The zero-order chi connectivity index (χ0) is 9.52. The molecule has 1 rings (SSSR count). The molecule has 1 fully saturated rings. The summed E-state index contributed by atoms with van der Waals surface area (Å²) in [6.45, 7) is 7.13. The quantitative estimate of drug-likeness (QED) is 0.602. The molecule has 3 nitrogen and oxygen atoms in total. The van der Waals surface area contributed by atoms with Crippen molar-refractivity contribution in [3.63, 3.8) is 0 Å². The Morgan fingerprint density at radius 2 is 2.23 bits per heavy atom. The highest BCUT2D eigenvalue weighted by Gasteiger charge is 2.18. The van der Waals surface area contributed by atoms with Crippen molar-refractivity contribution < 1.29 is 9.47 Å². The van der Waals surface area contributed by atoms with Crippen molar-refractivity contribution in [1.82, 2.24) is 4.90 Å². The largest absolute Gasteiger partial charge is 0.382 e. The molecular weight excluding hydrogens is 166 g/mol. The summed E-state index contributed by atoms with van der Waals surface area (Å²) in [5.74, 6) is 0. The molecule has 0 aliphatic carbocycles. The first kappa shape index (κ1) is 11.0. The van der Waals surface area contributed by atoms with Gasteiger partial charge in [0, 0.05) is 13.7 Å². The lowest BCUT2D eigenvalue weighted by atomic mass is 10.1. The summed E-state index contributed by atoms with van der Waals surface area (Å²) in [4.78, 5) is 2.45. The SMILES string of the molecule is CCN1CCCC(OCCOC)C1. The first-order valence-electron chi connectivity index (χ1n) is 5.19. The topological polar surface area (TPSA) is 21.7 Å².